The molecule has 0 aromatic carbocycles. The van der Waals surface area contributed by atoms with Gasteiger partial charge in [0.1, 0.15) is 0 Å². The fourth-order valence-corrected chi connectivity index (χ4v) is 1.67. The van der Waals surface area contributed by atoms with Gasteiger partial charge in [-0.3, -0.25) is 4.79 Å². The Bertz CT molecular complexity index is 211. The molecular weight excluding hydrogens is 240 g/mol. The van der Waals surface area contributed by atoms with Gasteiger partial charge in [0.15, 0.2) is 0 Å². The second kappa shape index (κ2) is 9.68. The van der Waals surface area contributed by atoms with Crippen LogP contribution in [0.1, 0.15) is 32.6 Å². The molecule has 0 aliphatic heterocycles. The monoisotopic (exact) mass is 264 g/mol. The van der Waals surface area contributed by atoms with Crippen LogP contribution in [0.4, 0.5) is 0 Å². The number of carbonyl (C=O) groups excluding carboxylic acids is 1. The molecule has 0 bridgehead atoms. The number of amides is 1. The number of nitrogens with one attached hydrogen (secondary N) is 2. The van der Waals surface area contributed by atoms with E-state index in [1.165, 1.54) is 12.8 Å². The second-order valence-corrected chi connectivity index (χ2v) is 4.66. The van der Waals surface area contributed by atoms with E-state index in [9.17, 15) is 4.79 Å². The van der Waals surface area contributed by atoms with Gasteiger partial charge in [0, 0.05) is 13.2 Å². The van der Waals surface area contributed by atoms with Crippen LogP contribution in [-0.4, -0.2) is 37.3 Å². The molecule has 1 aliphatic carbocycles. The van der Waals surface area contributed by atoms with Gasteiger partial charge in [-0.15, -0.1) is 12.4 Å². The second-order valence-electron chi connectivity index (χ2n) is 4.66. The highest BCUT2D eigenvalue weighted by atomic mass is 35.5. The topological polar surface area (TPSA) is 61.4 Å². The average Bonchev–Trinajstić information content (AvgIpc) is 3.08. The van der Waals surface area contributed by atoms with Crippen molar-refractivity contribution in [3.05, 3.63) is 0 Å². The van der Waals surface area contributed by atoms with E-state index in [2.05, 4.69) is 17.6 Å². The smallest absolute Gasteiger partial charge is 0.233 e. The first kappa shape index (κ1) is 16.7. The third-order valence-electron chi connectivity index (χ3n) is 3.12. The molecule has 1 atom stereocenters. The minimum Gasteiger partial charge on any atom is -0.396 e. The number of aliphatic hydroxyl groups excluding tert-OH is 1. The van der Waals surface area contributed by atoms with E-state index in [4.69, 9.17) is 5.11 Å². The van der Waals surface area contributed by atoms with Crippen molar-refractivity contribution < 1.29 is 9.90 Å². The van der Waals surface area contributed by atoms with Crippen LogP contribution >= 0.6 is 12.4 Å². The molecular formula is C12H25ClN2O2. The van der Waals surface area contributed by atoms with Gasteiger partial charge >= 0.3 is 0 Å². The predicted molar refractivity (Wildman–Crippen MR) is 71.3 cm³/mol. The zero-order chi connectivity index (χ0) is 11.8. The number of hydrogen-bond acceptors (Lipinski definition) is 3. The Morgan fingerprint density at radius 3 is 2.71 bits per heavy atom. The first-order valence-electron chi connectivity index (χ1n) is 6.34. The average molecular weight is 265 g/mol. The summed E-state index contributed by atoms with van der Waals surface area (Å²) in [6, 6.07) is 0. The molecule has 1 unspecified atom stereocenters. The Morgan fingerprint density at radius 2 is 2.18 bits per heavy atom. The molecule has 0 saturated heterocycles. The zero-order valence-corrected chi connectivity index (χ0v) is 11.4. The maximum Gasteiger partial charge on any atom is 0.233 e. The van der Waals surface area contributed by atoms with Gasteiger partial charge in [-0.25, -0.2) is 0 Å². The van der Waals surface area contributed by atoms with Crippen molar-refractivity contribution in [1.29, 1.82) is 0 Å². The summed E-state index contributed by atoms with van der Waals surface area (Å²) < 4.78 is 0. The van der Waals surface area contributed by atoms with Crippen LogP contribution in [0.3, 0.4) is 0 Å². The molecule has 0 aromatic heterocycles. The normalized spacial score (nSPS) is 16.1. The number of rotatable bonds is 9. The van der Waals surface area contributed by atoms with E-state index in [1.54, 1.807) is 0 Å². The fourth-order valence-electron chi connectivity index (χ4n) is 1.67. The van der Waals surface area contributed by atoms with Crippen molar-refractivity contribution in [3.63, 3.8) is 0 Å². The molecule has 0 spiro atoms. The predicted octanol–water partition coefficient (Wildman–Crippen LogP) is 0.933. The van der Waals surface area contributed by atoms with Crippen molar-refractivity contribution in [3.8, 4) is 0 Å². The summed E-state index contributed by atoms with van der Waals surface area (Å²) in [4.78, 5) is 11.4. The van der Waals surface area contributed by atoms with E-state index in [1.807, 2.05) is 0 Å². The largest absolute Gasteiger partial charge is 0.396 e. The van der Waals surface area contributed by atoms with Gasteiger partial charge in [-0.2, -0.15) is 0 Å². The number of aliphatic hydroxyl groups is 1. The van der Waals surface area contributed by atoms with E-state index in [0.29, 0.717) is 19.0 Å². The lowest BCUT2D eigenvalue weighted by Gasteiger charge is -2.14. The molecule has 4 nitrogen and oxygen atoms in total. The minimum atomic E-state index is 0. The summed E-state index contributed by atoms with van der Waals surface area (Å²) in [6.45, 7) is 4.36. The molecule has 17 heavy (non-hydrogen) atoms. The number of hydrogen-bond donors (Lipinski definition) is 3. The summed E-state index contributed by atoms with van der Waals surface area (Å²) in [5.74, 6) is 1.28. The van der Waals surface area contributed by atoms with Crippen molar-refractivity contribution in [1.82, 2.24) is 10.6 Å². The highest BCUT2D eigenvalue weighted by Gasteiger charge is 2.20. The Morgan fingerprint density at radius 1 is 1.47 bits per heavy atom. The van der Waals surface area contributed by atoms with Crippen molar-refractivity contribution in [2.24, 2.45) is 11.8 Å². The zero-order valence-electron chi connectivity index (χ0n) is 10.6. The lowest BCUT2D eigenvalue weighted by molar-refractivity contribution is -0.120. The number of halogens is 1. The molecule has 3 N–H and O–H groups in total. The van der Waals surface area contributed by atoms with E-state index in [0.717, 1.165) is 25.3 Å². The highest BCUT2D eigenvalue weighted by Crippen LogP contribution is 2.27. The highest BCUT2D eigenvalue weighted by molar-refractivity contribution is 5.85. The summed E-state index contributed by atoms with van der Waals surface area (Å²) in [5, 5.41) is 14.9. The summed E-state index contributed by atoms with van der Waals surface area (Å²) in [5.41, 5.74) is 0. The number of carbonyl (C=O) groups is 1. The third-order valence-corrected chi connectivity index (χ3v) is 3.12. The molecule has 102 valence electrons. The van der Waals surface area contributed by atoms with E-state index >= 15 is 0 Å². The Labute approximate surface area is 110 Å². The summed E-state index contributed by atoms with van der Waals surface area (Å²) in [7, 11) is 0. The molecule has 1 aliphatic rings. The lowest BCUT2D eigenvalue weighted by atomic mass is 10.0. The maximum absolute atomic E-state index is 11.4. The Hall–Kier alpha value is -0.320. The maximum atomic E-state index is 11.4. The van der Waals surface area contributed by atoms with Crippen LogP contribution in [0.15, 0.2) is 0 Å². The van der Waals surface area contributed by atoms with Crippen LogP contribution in [-0.2, 0) is 4.79 Å². The quantitative estimate of drug-likeness (QED) is 0.581. The van der Waals surface area contributed by atoms with Crippen molar-refractivity contribution >= 4 is 18.3 Å². The molecule has 1 rings (SSSR count). The summed E-state index contributed by atoms with van der Waals surface area (Å²) in [6.07, 6.45) is 4.38. The first-order valence-corrected chi connectivity index (χ1v) is 6.34. The Kier molecular flexibility index (Phi) is 9.50. The molecule has 1 amide bonds. The SMILES string of the molecule is CCC(CCO)CNC(=O)CNCC1CC1.Cl. The molecule has 1 saturated carbocycles. The van der Waals surface area contributed by atoms with Gasteiger partial charge in [0.25, 0.3) is 0 Å². The molecule has 1 fully saturated rings. The Balaban J connectivity index is 0.00000256. The van der Waals surface area contributed by atoms with Gasteiger partial charge < -0.3 is 15.7 Å². The molecule has 5 heteroatoms. The minimum absolute atomic E-state index is 0. The van der Waals surface area contributed by atoms with Crippen LogP contribution in [0, 0.1) is 11.8 Å². The summed E-state index contributed by atoms with van der Waals surface area (Å²) >= 11 is 0. The molecule has 0 aromatic rings. The lowest BCUT2D eigenvalue weighted by Crippen LogP contribution is -2.37. The van der Waals surface area contributed by atoms with Gasteiger partial charge in [-0.05, 0) is 37.6 Å². The van der Waals surface area contributed by atoms with E-state index in [-0.39, 0.29) is 24.9 Å². The van der Waals surface area contributed by atoms with Crippen molar-refractivity contribution in [2.75, 3.05) is 26.2 Å². The molecule has 0 heterocycles. The van der Waals surface area contributed by atoms with Crippen LogP contribution in [0.25, 0.3) is 0 Å². The molecule has 0 radical (unpaired) electrons. The van der Waals surface area contributed by atoms with Gasteiger partial charge in [0.05, 0.1) is 6.54 Å². The van der Waals surface area contributed by atoms with Gasteiger partial charge in [-0.1, -0.05) is 13.3 Å². The van der Waals surface area contributed by atoms with Gasteiger partial charge in [0.2, 0.25) is 5.91 Å². The van der Waals surface area contributed by atoms with Crippen LogP contribution < -0.4 is 10.6 Å². The fraction of sp³-hybridized carbons (Fsp3) is 0.917. The third kappa shape index (κ3) is 8.41. The van der Waals surface area contributed by atoms with E-state index < -0.39 is 0 Å². The van der Waals surface area contributed by atoms with Crippen molar-refractivity contribution in [2.45, 2.75) is 32.6 Å². The van der Waals surface area contributed by atoms with Crippen LogP contribution in [0.5, 0.6) is 0 Å². The standard InChI is InChI=1S/C12H24N2O2.ClH/c1-2-10(5-6-15)8-14-12(16)9-13-7-11-3-4-11;/h10-11,13,15H,2-9H2,1H3,(H,14,16);1H. The van der Waals surface area contributed by atoms with Crippen LogP contribution in [0.2, 0.25) is 0 Å². The first-order chi connectivity index (χ1) is 7.76.